The van der Waals surface area contributed by atoms with Crippen LogP contribution in [0.15, 0.2) is 18.2 Å². The topological polar surface area (TPSA) is 75.8 Å². The van der Waals surface area contributed by atoms with Gasteiger partial charge in [0.05, 0.1) is 17.6 Å². The molecule has 0 aliphatic carbocycles. The van der Waals surface area contributed by atoms with Crippen LogP contribution in [0.5, 0.6) is 0 Å². The Kier molecular flexibility index (Phi) is 4.57. The number of benzene rings is 1. The van der Waals surface area contributed by atoms with Crippen LogP contribution in [0.4, 0.5) is 11.4 Å². The summed E-state index contributed by atoms with van der Waals surface area (Å²) in [6, 6.07) is 4.79. The van der Waals surface area contributed by atoms with E-state index in [2.05, 4.69) is 4.90 Å². The molecule has 6 heteroatoms. The number of nitro benzene ring substituents is 1. The molecule has 1 N–H and O–H groups in total. The predicted molar refractivity (Wildman–Crippen MR) is 75.8 cm³/mol. The Hall–Kier alpha value is -1.66. The van der Waals surface area contributed by atoms with Gasteiger partial charge in [-0.2, -0.15) is 0 Å². The number of anilines is 1. The first-order valence-electron chi connectivity index (χ1n) is 6.72. The highest BCUT2D eigenvalue weighted by atomic mass is 16.6. The lowest BCUT2D eigenvalue weighted by molar-refractivity contribution is -0.384. The second-order valence-corrected chi connectivity index (χ2v) is 5.28. The number of non-ortho nitro benzene ring substituents is 1. The maximum atomic E-state index is 10.9. The summed E-state index contributed by atoms with van der Waals surface area (Å²) in [7, 11) is 1.57. The fourth-order valence-corrected chi connectivity index (χ4v) is 2.53. The molecule has 1 fully saturated rings. The van der Waals surface area contributed by atoms with Gasteiger partial charge in [-0.25, -0.2) is 0 Å². The lowest BCUT2D eigenvalue weighted by Crippen LogP contribution is -2.43. The Balaban J connectivity index is 2.28. The Morgan fingerprint density at radius 3 is 2.90 bits per heavy atom. The minimum Gasteiger partial charge on any atom is -0.391 e. The highest BCUT2D eigenvalue weighted by Gasteiger charge is 2.26. The Morgan fingerprint density at radius 2 is 2.30 bits per heavy atom. The van der Waals surface area contributed by atoms with E-state index in [-0.39, 0.29) is 17.7 Å². The zero-order valence-corrected chi connectivity index (χ0v) is 11.8. The number of ether oxygens (including phenoxy) is 1. The number of aliphatic hydroxyl groups excluding tert-OH is 1. The van der Waals surface area contributed by atoms with Crippen molar-refractivity contribution < 1.29 is 14.8 Å². The molecule has 110 valence electrons. The molecule has 0 amide bonds. The molecule has 0 saturated carbocycles. The number of piperidine rings is 1. The van der Waals surface area contributed by atoms with Crippen LogP contribution in [0.2, 0.25) is 0 Å². The molecule has 1 aromatic rings. The van der Waals surface area contributed by atoms with Gasteiger partial charge < -0.3 is 14.7 Å². The van der Waals surface area contributed by atoms with Crippen molar-refractivity contribution in [1.82, 2.24) is 0 Å². The van der Waals surface area contributed by atoms with Crippen LogP contribution in [0.1, 0.15) is 18.9 Å². The highest BCUT2D eigenvalue weighted by Crippen LogP contribution is 2.29. The number of nitrogens with zero attached hydrogens (tertiary/aromatic N) is 2. The van der Waals surface area contributed by atoms with Gasteiger partial charge in [-0.05, 0) is 18.4 Å². The molecule has 1 aliphatic rings. The monoisotopic (exact) mass is 280 g/mol. The minimum atomic E-state index is -0.407. The van der Waals surface area contributed by atoms with Crippen molar-refractivity contribution >= 4 is 11.4 Å². The summed E-state index contributed by atoms with van der Waals surface area (Å²) >= 11 is 0. The smallest absolute Gasteiger partial charge is 0.269 e. The van der Waals surface area contributed by atoms with Crippen LogP contribution in [0.3, 0.4) is 0 Å². The third kappa shape index (κ3) is 3.08. The molecule has 20 heavy (non-hydrogen) atoms. The third-order valence-corrected chi connectivity index (χ3v) is 3.83. The van der Waals surface area contributed by atoms with Crippen LogP contribution >= 0.6 is 0 Å². The Labute approximate surface area is 118 Å². The summed E-state index contributed by atoms with van der Waals surface area (Å²) in [4.78, 5) is 12.5. The van der Waals surface area contributed by atoms with E-state index >= 15 is 0 Å². The quantitative estimate of drug-likeness (QED) is 0.674. The van der Waals surface area contributed by atoms with Crippen molar-refractivity contribution in [2.45, 2.75) is 26.1 Å². The first kappa shape index (κ1) is 14.7. The van der Waals surface area contributed by atoms with Gasteiger partial charge in [0.25, 0.3) is 5.69 Å². The summed E-state index contributed by atoms with van der Waals surface area (Å²) < 4.78 is 5.13. The van der Waals surface area contributed by atoms with E-state index in [1.54, 1.807) is 19.2 Å². The predicted octanol–water partition coefficient (Wildman–Crippen LogP) is 1.95. The maximum absolute atomic E-state index is 10.9. The summed E-state index contributed by atoms with van der Waals surface area (Å²) in [5.41, 5.74) is 1.75. The standard InChI is InChI=1S/C14H20N2O4/c1-10-5-6-15(8-14(10)17)13-4-3-12(16(18)19)7-11(13)9-20-2/h3-4,7,10,14,17H,5-6,8-9H2,1-2H3. The van der Waals surface area contributed by atoms with Crippen LogP contribution in [0, 0.1) is 16.0 Å². The molecule has 2 rings (SSSR count). The molecule has 0 spiro atoms. The Bertz CT molecular complexity index is 492. The van der Waals surface area contributed by atoms with E-state index in [1.165, 1.54) is 6.07 Å². The number of rotatable bonds is 4. The Morgan fingerprint density at radius 1 is 1.55 bits per heavy atom. The summed E-state index contributed by atoms with van der Waals surface area (Å²) in [5.74, 6) is 0.287. The molecule has 1 heterocycles. The average Bonchev–Trinajstić information content (AvgIpc) is 2.42. The van der Waals surface area contributed by atoms with Crippen LogP contribution in [0.25, 0.3) is 0 Å². The lowest BCUT2D eigenvalue weighted by Gasteiger charge is -2.36. The molecule has 6 nitrogen and oxygen atoms in total. The van der Waals surface area contributed by atoms with Crippen LogP contribution < -0.4 is 4.90 Å². The van der Waals surface area contributed by atoms with Gasteiger partial charge >= 0.3 is 0 Å². The molecule has 2 unspecified atom stereocenters. The zero-order valence-electron chi connectivity index (χ0n) is 11.8. The van der Waals surface area contributed by atoms with E-state index in [0.717, 1.165) is 24.2 Å². The number of β-amino-alcohol motifs (C(OH)–C–C–N with tert-alkyl or cyclic N) is 1. The lowest BCUT2D eigenvalue weighted by atomic mass is 9.95. The number of nitro groups is 1. The van der Waals surface area contributed by atoms with Gasteiger partial charge in [0, 0.05) is 43.6 Å². The van der Waals surface area contributed by atoms with Gasteiger partial charge in [-0.1, -0.05) is 6.92 Å². The van der Waals surface area contributed by atoms with E-state index in [4.69, 9.17) is 4.74 Å². The summed E-state index contributed by atoms with van der Waals surface area (Å²) in [5, 5.41) is 20.8. The summed E-state index contributed by atoms with van der Waals surface area (Å²) in [6.07, 6.45) is 0.541. The normalized spacial score (nSPS) is 22.9. The number of methoxy groups -OCH3 is 1. The van der Waals surface area contributed by atoms with Crippen LogP contribution in [-0.2, 0) is 11.3 Å². The van der Waals surface area contributed by atoms with Crippen molar-refractivity contribution in [2.24, 2.45) is 5.92 Å². The van der Waals surface area contributed by atoms with E-state index < -0.39 is 4.92 Å². The van der Waals surface area contributed by atoms with Crippen molar-refractivity contribution in [3.05, 3.63) is 33.9 Å². The van der Waals surface area contributed by atoms with Gasteiger partial charge in [0.15, 0.2) is 0 Å². The molecule has 1 saturated heterocycles. The van der Waals surface area contributed by atoms with Crippen LogP contribution in [-0.4, -0.2) is 36.3 Å². The second kappa shape index (κ2) is 6.19. The SMILES string of the molecule is COCc1cc([N+](=O)[O-])ccc1N1CCC(C)C(O)C1. The third-order valence-electron chi connectivity index (χ3n) is 3.83. The molecule has 0 bridgehead atoms. The summed E-state index contributed by atoms with van der Waals surface area (Å²) in [6.45, 7) is 3.75. The van der Waals surface area contributed by atoms with Gasteiger partial charge in [-0.15, -0.1) is 0 Å². The van der Waals surface area contributed by atoms with Gasteiger partial charge in [0.1, 0.15) is 0 Å². The average molecular weight is 280 g/mol. The van der Waals surface area contributed by atoms with Gasteiger partial charge in [-0.3, -0.25) is 10.1 Å². The first-order chi connectivity index (χ1) is 9.52. The van der Waals surface area contributed by atoms with Crippen molar-refractivity contribution in [1.29, 1.82) is 0 Å². The molecule has 2 atom stereocenters. The largest absolute Gasteiger partial charge is 0.391 e. The van der Waals surface area contributed by atoms with Crippen molar-refractivity contribution in [3.63, 3.8) is 0 Å². The van der Waals surface area contributed by atoms with Crippen molar-refractivity contribution in [3.8, 4) is 0 Å². The fraction of sp³-hybridized carbons (Fsp3) is 0.571. The molecule has 1 aliphatic heterocycles. The highest BCUT2D eigenvalue weighted by molar-refractivity contribution is 5.58. The van der Waals surface area contributed by atoms with E-state index in [9.17, 15) is 15.2 Å². The molecular formula is C14H20N2O4. The fourth-order valence-electron chi connectivity index (χ4n) is 2.53. The number of hydrogen-bond acceptors (Lipinski definition) is 5. The van der Waals surface area contributed by atoms with E-state index in [0.29, 0.717) is 13.2 Å². The number of hydrogen-bond donors (Lipinski definition) is 1. The second-order valence-electron chi connectivity index (χ2n) is 5.28. The number of aliphatic hydroxyl groups is 1. The molecule has 1 aromatic carbocycles. The molecular weight excluding hydrogens is 260 g/mol. The maximum Gasteiger partial charge on any atom is 0.269 e. The minimum absolute atomic E-state index is 0.0618. The van der Waals surface area contributed by atoms with E-state index in [1.807, 2.05) is 6.92 Å². The van der Waals surface area contributed by atoms with Gasteiger partial charge in [0.2, 0.25) is 0 Å². The first-order valence-corrected chi connectivity index (χ1v) is 6.72. The zero-order chi connectivity index (χ0) is 14.7. The molecule has 0 aromatic heterocycles. The molecule has 0 radical (unpaired) electrons. The van der Waals surface area contributed by atoms with Crippen molar-refractivity contribution in [2.75, 3.05) is 25.1 Å².